The zero-order valence-corrected chi connectivity index (χ0v) is 8.51. The number of halogens is 1. The molecule has 0 atom stereocenters. The van der Waals surface area contributed by atoms with Crippen molar-refractivity contribution in [3.8, 4) is 16.6 Å². The van der Waals surface area contributed by atoms with Crippen LogP contribution in [0.15, 0.2) is 24.5 Å². The number of nitriles is 1. The summed E-state index contributed by atoms with van der Waals surface area (Å²) in [7, 11) is 0. The van der Waals surface area contributed by atoms with Crippen molar-refractivity contribution in [1.29, 1.82) is 5.26 Å². The first-order valence-corrected chi connectivity index (χ1v) is 4.97. The van der Waals surface area contributed by atoms with Gasteiger partial charge in [0.15, 0.2) is 0 Å². The minimum atomic E-state index is 0.356. The van der Waals surface area contributed by atoms with Crippen LogP contribution >= 0.6 is 22.9 Å². The summed E-state index contributed by atoms with van der Waals surface area (Å²) >= 11 is 7.07. The molecule has 0 N–H and O–H groups in total. The van der Waals surface area contributed by atoms with Gasteiger partial charge in [-0.15, -0.1) is 11.3 Å². The molecule has 2 rings (SSSR count). The molecule has 5 heteroatoms. The van der Waals surface area contributed by atoms with E-state index in [9.17, 15) is 0 Å². The first-order chi connectivity index (χ1) is 6.79. The predicted octanol–water partition coefficient (Wildman–Crippen LogP) is 2.73. The monoisotopic (exact) mass is 221 g/mol. The smallest absolute Gasteiger partial charge is 0.148 e. The maximum atomic E-state index is 8.65. The van der Waals surface area contributed by atoms with Crippen LogP contribution in [0.2, 0.25) is 5.15 Å². The Hall–Kier alpha value is -1.44. The molecule has 0 unspecified atom stereocenters. The lowest BCUT2D eigenvalue weighted by Crippen LogP contribution is -1.82. The molecule has 0 spiro atoms. The highest BCUT2D eigenvalue weighted by molar-refractivity contribution is 7.15. The van der Waals surface area contributed by atoms with Gasteiger partial charge in [0.05, 0.1) is 17.3 Å². The van der Waals surface area contributed by atoms with E-state index in [1.165, 1.54) is 17.5 Å². The van der Waals surface area contributed by atoms with Gasteiger partial charge in [-0.25, -0.2) is 4.98 Å². The highest BCUT2D eigenvalue weighted by Crippen LogP contribution is 2.26. The summed E-state index contributed by atoms with van der Waals surface area (Å²) in [5.74, 6) is 0. The molecule has 0 fully saturated rings. The lowest BCUT2D eigenvalue weighted by atomic mass is 10.3. The molecule has 0 radical (unpaired) electrons. The van der Waals surface area contributed by atoms with Crippen molar-refractivity contribution in [2.24, 2.45) is 0 Å². The minimum Gasteiger partial charge on any atom is -0.259 e. The van der Waals surface area contributed by atoms with Crippen LogP contribution in [-0.2, 0) is 0 Å². The van der Waals surface area contributed by atoms with Crippen LogP contribution in [0.5, 0.6) is 0 Å². The summed E-state index contributed by atoms with van der Waals surface area (Å²) in [6.45, 7) is 0. The average Bonchev–Trinajstić information content (AvgIpc) is 2.66. The number of hydrogen-bond donors (Lipinski definition) is 0. The van der Waals surface area contributed by atoms with Gasteiger partial charge in [-0.2, -0.15) is 5.26 Å². The third-order valence-electron chi connectivity index (χ3n) is 1.57. The second-order valence-electron chi connectivity index (χ2n) is 2.50. The van der Waals surface area contributed by atoms with Crippen molar-refractivity contribution in [1.82, 2.24) is 9.97 Å². The van der Waals surface area contributed by atoms with E-state index >= 15 is 0 Å². The van der Waals surface area contributed by atoms with Crippen LogP contribution in [-0.4, -0.2) is 9.97 Å². The third-order valence-corrected chi connectivity index (χ3v) is 2.77. The van der Waals surface area contributed by atoms with Crippen molar-refractivity contribution in [2.45, 2.75) is 0 Å². The molecule has 68 valence electrons. The fourth-order valence-corrected chi connectivity index (χ4v) is 1.90. The zero-order chi connectivity index (χ0) is 9.97. The number of rotatable bonds is 1. The van der Waals surface area contributed by atoms with Gasteiger partial charge in [0.2, 0.25) is 0 Å². The van der Waals surface area contributed by atoms with Crippen molar-refractivity contribution in [3.63, 3.8) is 0 Å². The molecule has 0 bridgehead atoms. The molecule has 0 aromatic carbocycles. The van der Waals surface area contributed by atoms with Gasteiger partial charge in [-0.05, 0) is 12.1 Å². The lowest BCUT2D eigenvalue weighted by Gasteiger charge is -1.94. The van der Waals surface area contributed by atoms with E-state index < -0.39 is 0 Å². The van der Waals surface area contributed by atoms with E-state index in [0.29, 0.717) is 15.7 Å². The van der Waals surface area contributed by atoms with Crippen LogP contribution in [0.1, 0.15) is 4.88 Å². The van der Waals surface area contributed by atoms with Crippen LogP contribution in [0.3, 0.4) is 0 Å². The Morgan fingerprint density at radius 3 is 2.86 bits per heavy atom. The standard InChI is InChI=1S/C9H4ClN3S/c10-9-5-12-4-7(13-9)8-2-1-6(3-11)14-8/h1-2,4-5H. The second-order valence-corrected chi connectivity index (χ2v) is 3.97. The Bertz CT molecular complexity index is 501. The molecule has 0 aliphatic rings. The molecule has 14 heavy (non-hydrogen) atoms. The Kier molecular flexibility index (Phi) is 2.44. The molecule has 2 aromatic heterocycles. The van der Waals surface area contributed by atoms with Crippen LogP contribution < -0.4 is 0 Å². The molecular formula is C9H4ClN3S. The van der Waals surface area contributed by atoms with E-state index in [-0.39, 0.29) is 0 Å². The molecule has 0 saturated heterocycles. The summed E-state index contributed by atoms with van der Waals surface area (Å²) in [6.07, 6.45) is 3.10. The topological polar surface area (TPSA) is 49.6 Å². The molecule has 3 nitrogen and oxygen atoms in total. The van der Waals surface area contributed by atoms with Crippen LogP contribution in [0.25, 0.3) is 10.6 Å². The van der Waals surface area contributed by atoms with Crippen molar-refractivity contribution >= 4 is 22.9 Å². The number of nitrogens with zero attached hydrogens (tertiary/aromatic N) is 3. The Labute approximate surface area is 89.6 Å². The minimum absolute atomic E-state index is 0.356. The summed E-state index contributed by atoms with van der Waals surface area (Å²) in [5, 5.41) is 9.01. The molecule has 0 amide bonds. The molecule has 2 aromatic rings. The molecule has 0 saturated carbocycles. The normalized spacial score (nSPS) is 9.71. The Balaban J connectivity index is 2.45. The van der Waals surface area contributed by atoms with E-state index in [1.54, 1.807) is 12.3 Å². The van der Waals surface area contributed by atoms with Crippen molar-refractivity contribution in [2.75, 3.05) is 0 Å². The zero-order valence-electron chi connectivity index (χ0n) is 6.94. The van der Waals surface area contributed by atoms with Crippen LogP contribution in [0.4, 0.5) is 0 Å². The van der Waals surface area contributed by atoms with E-state index in [2.05, 4.69) is 16.0 Å². The molecular weight excluding hydrogens is 218 g/mol. The lowest BCUT2D eigenvalue weighted by molar-refractivity contribution is 1.21. The Morgan fingerprint density at radius 2 is 2.21 bits per heavy atom. The van der Waals surface area contributed by atoms with Gasteiger partial charge in [0.1, 0.15) is 21.8 Å². The van der Waals surface area contributed by atoms with Crippen molar-refractivity contribution in [3.05, 3.63) is 34.6 Å². The van der Waals surface area contributed by atoms with Gasteiger partial charge >= 0.3 is 0 Å². The quantitative estimate of drug-likeness (QED) is 0.744. The summed E-state index contributed by atoms with van der Waals surface area (Å²) in [4.78, 5) is 9.57. The number of hydrogen-bond acceptors (Lipinski definition) is 4. The van der Waals surface area contributed by atoms with Crippen LogP contribution in [0, 0.1) is 11.3 Å². The first-order valence-electron chi connectivity index (χ1n) is 3.77. The van der Waals surface area contributed by atoms with Gasteiger partial charge in [-0.1, -0.05) is 11.6 Å². The molecule has 0 aliphatic carbocycles. The van der Waals surface area contributed by atoms with E-state index in [4.69, 9.17) is 16.9 Å². The molecule has 0 aliphatic heterocycles. The largest absolute Gasteiger partial charge is 0.259 e. The van der Waals surface area contributed by atoms with Gasteiger partial charge in [-0.3, -0.25) is 4.98 Å². The maximum absolute atomic E-state index is 8.65. The highest BCUT2D eigenvalue weighted by Gasteiger charge is 2.04. The second kappa shape index (κ2) is 3.74. The summed E-state index contributed by atoms with van der Waals surface area (Å²) < 4.78 is 0. The van der Waals surface area contributed by atoms with E-state index in [0.717, 1.165) is 4.88 Å². The third kappa shape index (κ3) is 1.74. The summed E-state index contributed by atoms with van der Waals surface area (Å²) in [5.41, 5.74) is 0.698. The van der Waals surface area contributed by atoms with Gasteiger partial charge < -0.3 is 0 Å². The fourth-order valence-electron chi connectivity index (χ4n) is 0.997. The SMILES string of the molecule is N#Cc1ccc(-c2cncc(Cl)n2)s1. The highest BCUT2D eigenvalue weighted by atomic mass is 35.5. The number of thiophene rings is 1. The van der Waals surface area contributed by atoms with E-state index in [1.807, 2.05) is 6.07 Å². The first kappa shape index (κ1) is 9.13. The average molecular weight is 222 g/mol. The fraction of sp³-hybridized carbons (Fsp3) is 0. The number of aromatic nitrogens is 2. The summed E-state index contributed by atoms with van der Waals surface area (Å²) in [6, 6.07) is 5.66. The predicted molar refractivity (Wildman–Crippen MR) is 55.1 cm³/mol. The van der Waals surface area contributed by atoms with Gasteiger partial charge in [0, 0.05) is 0 Å². The Morgan fingerprint density at radius 1 is 1.36 bits per heavy atom. The van der Waals surface area contributed by atoms with Gasteiger partial charge in [0.25, 0.3) is 0 Å². The maximum Gasteiger partial charge on any atom is 0.148 e. The molecule has 2 heterocycles. The van der Waals surface area contributed by atoms with Crippen molar-refractivity contribution < 1.29 is 0 Å².